The van der Waals surface area contributed by atoms with Crippen molar-refractivity contribution in [3.05, 3.63) is 36.3 Å². The predicted octanol–water partition coefficient (Wildman–Crippen LogP) is 2.96. The molecule has 0 spiro atoms. The molecule has 1 N–H and O–H groups in total. The van der Waals surface area contributed by atoms with Crippen molar-refractivity contribution >= 4 is 29.0 Å². The summed E-state index contributed by atoms with van der Waals surface area (Å²) >= 11 is 0. The molecule has 3 nitrogen and oxygen atoms in total. The van der Waals surface area contributed by atoms with Crippen LogP contribution in [-0.2, 0) is 0 Å². The first kappa shape index (κ1) is 12.0. The summed E-state index contributed by atoms with van der Waals surface area (Å²) in [6.07, 6.45) is 2.79. The van der Waals surface area contributed by atoms with Crippen molar-refractivity contribution in [1.29, 1.82) is 0 Å². The van der Waals surface area contributed by atoms with E-state index in [9.17, 15) is 0 Å². The second kappa shape index (κ2) is 4.80. The summed E-state index contributed by atoms with van der Waals surface area (Å²) in [5.74, 6) is 2.54. The highest BCUT2D eigenvalue weighted by Crippen LogP contribution is 2.32. The van der Waals surface area contributed by atoms with E-state index in [-0.39, 0.29) is 12.4 Å². The van der Waals surface area contributed by atoms with Crippen LogP contribution in [0.3, 0.4) is 0 Å². The Kier molecular flexibility index (Phi) is 3.38. The van der Waals surface area contributed by atoms with E-state index in [4.69, 9.17) is 4.42 Å². The predicted molar refractivity (Wildman–Crippen MR) is 72.2 cm³/mol. The average Bonchev–Trinajstić information content (AvgIpc) is 2.94. The van der Waals surface area contributed by atoms with E-state index in [1.165, 1.54) is 10.8 Å². The third kappa shape index (κ3) is 2.03. The molecule has 1 aromatic carbocycles. The summed E-state index contributed by atoms with van der Waals surface area (Å²) in [6, 6.07) is 8.28. The number of aliphatic imine (C=N–C) groups is 1. The van der Waals surface area contributed by atoms with Gasteiger partial charge in [0, 0.05) is 30.2 Å². The minimum absolute atomic E-state index is 0. The first-order valence-corrected chi connectivity index (χ1v) is 5.55. The number of hydrogen-bond donors (Lipinski definition) is 1. The minimum atomic E-state index is 0. The Morgan fingerprint density at radius 2 is 2.18 bits per heavy atom. The maximum Gasteiger partial charge on any atom is 0.116 e. The van der Waals surface area contributed by atoms with E-state index in [1.54, 1.807) is 0 Å². The number of furan rings is 1. The number of amidine groups is 1. The van der Waals surface area contributed by atoms with Gasteiger partial charge in [0.2, 0.25) is 0 Å². The molecule has 4 heteroatoms. The summed E-state index contributed by atoms with van der Waals surface area (Å²) in [7, 11) is 1.92. The molecule has 2 aromatic rings. The molecule has 1 aliphatic heterocycles. The number of benzene rings is 1. The molecule has 2 heterocycles. The lowest BCUT2D eigenvalue weighted by atomic mass is 10.0. The maximum atomic E-state index is 5.69. The molecular formula is C13H15ClN2O. The van der Waals surface area contributed by atoms with Gasteiger partial charge in [-0.2, -0.15) is 0 Å². The van der Waals surface area contributed by atoms with E-state index >= 15 is 0 Å². The fourth-order valence-corrected chi connectivity index (χ4v) is 2.27. The monoisotopic (exact) mass is 250 g/mol. The number of nitrogens with one attached hydrogen (secondary N) is 1. The summed E-state index contributed by atoms with van der Waals surface area (Å²) in [5.41, 5.74) is 0. The van der Waals surface area contributed by atoms with Crippen LogP contribution in [-0.4, -0.2) is 19.4 Å². The van der Waals surface area contributed by atoms with Crippen molar-refractivity contribution in [3.8, 4) is 0 Å². The highest BCUT2D eigenvalue weighted by atomic mass is 35.5. The van der Waals surface area contributed by atoms with Crippen LogP contribution < -0.4 is 5.32 Å². The van der Waals surface area contributed by atoms with E-state index < -0.39 is 0 Å². The molecule has 3 rings (SSSR count). The maximum absolute atomic E-state index is 5.69. The van der Waals surface area contributed by atoms with Gasteiger partial charge in [-0.1, -0.05) is 24.3 Å². The second-order valence-electron chi connectivity index (χ2n) is 4.13. The molecule has 1 unspecified atom stereocenters. The fourth-order valence-electron chi connectivity index (χ4n) is 2.27. The lowest BCUT2D eigenvalue weighted by Crippen LogP contribution is -2.16. The zero-order chi connectivity index (χ0) is 11.0. The number of rotatable bonds is 1. The largest absolute Gasteiger partial charge is 0.468 e. The molecule has 0 amide bonds. The van der Waals surface area contributed by atoms with E-state index in [1.807, 2.05) is 19.4 Å². The van der Waals surface area contributed by atoms with Crippen LogP contribution in [0.1, 0.15) is 18.1 Å². The standard InChI is InChI=1S/C13H14N2O.ClH/c1-14-12-6-10(7-15-12)13-11-5-3-2-4-9(11)8-16-13;/h2-5,8,10H,6-7H2,1H3,(H,14,15);1H. The van der Waals surface area contributed by atoms with Crippen molar-refractivity contribution in [2.45, 2.75) is 12.3 Å². The summed E-state index contributed by atoms with van der Waals surface area (Å²) < 4.78 is 5.69. The topological polar surface area (TPSA) is 37.5 Å². The Hall–Kier alpha value is -1.48. The molecule has 17 heavy (non-hydrogen) atoms. The SMILES string of the molecule is CNC1=NCC(c2occ3ccccc23)C1.Cl. The molecule has 1 aromatic heterocycles. The third-order valence-electron chi connectivity index (χ3n) is 3.14. The number of hydrogen-bond acceptors (Lipinski definition) is 3. The first-order valence-electron chi connectivity index (χ1n) is 5.55. The summed E-state index contributed by atoms with van der Waals surface area (Å²) in [4.78, 5) is 4.44. The Morgan fingerprint density at radius 3 is 2.94 bits per heavy atom. The van der Waals surface area contributed by atoms with Gasteiger partial charge in [0.15, 0.2) is 0 Å². The number of halogens is 1. The lowest BCUT2D eigenvalue weighted by molar-refractivity contribution is 0.481. The third-order valence-corrected chi connectivity index (χ3v) is 3.14. The molecule has 0 aliphatic carbocycles. The van der Waals surface area contributed by atoms with Gasteiger partial charge in [-0.05, 0) is 0 Å². The second-order valence-corrected chi connectivity index (χ2v) is 4.13. The van der Waals surface area contributed by atoms with Crippen molar-refractivity contribution in [2.24, 2.45) is 4.99 Å². The Morgan fingerprint density at radius 1 is 1.35 bits per heavy atom. The van der Waals surface area contributed by atoms with Crippen molar-refractivity contribution in [1.82, 2.24) is 5.32 Å². The zero-order valence-electron chi connectivity index (χ0n) is 9.64. The van der Waals surface area contributed by atoms with Gasteiger partial charge in [0.05, 0.1) is 18.6 Å². The van der Waals surface area contributed by atoms with Crippen LogP contribution in [0, 0.1) is 0 Å². The van der Waals surface area contributed by atoms with Gasteiger partial charge < -0.3 is 9.73 Å². The van der Waals surface area contributed by atoms with Gasteiger partial charge in [0.25, 0.3) is 0 Å². The van der Waals surface area contributed by atoms with Crippen molar-refractivity contribution in [3.63, 3.8) is 0 Å². The quantitative estimate of drug-likeness (QED) is 0.845. The van der Waals surface area contributed by atoms with Crippen LogP contribution in [0.5, 0.6) is 0 Å². The molecule has 1 atom stereocenters. The number of nitrogens with zero attached hydrogens (tertiary/aromatic N) is 1. The molecular weight excluding hydrogens is 236 g/mol. The van der Waals surface area contributed by atoms with E-state index in [0.29, 0.717) is 5.92 Å². The Bertz CT molecular complexity index is 547. The van der Waals surface area contributed by atoms with Gasteiger partial charge >= 0.3 is 0 Å². The van der Waals surface area contributed by atoms with Crippen LogP contribution in [0.4, 0.5) is 0 Å². The molecule has 0 fully saturated rings. The van der Waals surface area contributed by atoms with Crippen LogP contribution in [0.25, 0.3) is 10.8 Å². The van der Waals surface area contributed by atoms with Gasteiger partial charge in [0.1, 0.15) is 5.76 Å². The smallest absolute Gasteiger partial charge is 0.116 e. The highest BCUT2D eigenvalue weighted by Gasteiger charge is 2.24. The van der Waals surface area contributed by atoms with Gasteiger partial charge in [-0.25, -0.2) is 0 Å². The zero-order valence-corrected chi connectivity index (χ0v) is 10.5. The van der Waals surface area contributed by atoms with Crippen LogP contribution in [0.15, 0.2) is 39.9 Å². The molecule has 0 saturated heterocycles. The van der Waals surface area contributed by atoms with Crippen molar-refractivity contribution < 1.29 is 4.42 Å². The normalized spacial score (nSPS) is 18.9. The number of fused-ring (bicyclic) bond motifs is 1. The van der Waals surface area contributed by atoms with Gasteiger partial charge in [-0.15, -0.1) is 12.4 Å². The fraction of sp³-hybridized carbons (Fsp3) is 0.308. The Balaban J connectivity index is 0.00000108. The Labute approximate surface area is 106 Å². The van der Waals surface area contributed by atoms with Crippen LogP contribution >= 0.6 is 12.4 Å². The highest BCUT2D eigenvalue weighted by molar-refractivity contribution is 5.88. The molecule has 90 valence electrons. The molecule has 0 radical (unpaired) electrons. The molecule has 0 bridgehead atoms. The minimum Gasteiger partial charge on any atom is -0.468 e. The average molecular weight is 251 g/mol. The lowest BCUT2D eigenvalue weighted by Gasteiger charge is -2.05. The molecule has 1 aliphatic rings. The van der Waals surface area contributed by atoms with Crippen molar-refractivity contribution in [2.75, 3.05) is 13.6 Å². The van der Waals surface area contributed by atoms with E-state index in [0.717, 1.165) is 24.6 Å². The summed E-state index contributed by atoms with van der Waals surface area (Å²) in [5, 5.41) is 5.51. The van der Waals surface area contributed by atoms with Gasteiger partial charge in [-0.3, -0.25) is 4.99 Å². The first-order chi connectivity index (χ1) is 7.88. The molecule has 0 saturated carbocycles. The van der Waals surface area contributed by atoms with E-state index in [2.05, 4.69) is 28.5 Å². The van der Waals surface area contributed by atoms with Crippen LogP contribution in [0.2, 0.25) is 0 Å². The summed E-state index contributed by atoms with van der Waals surface area (Å²) in [6.45, 7) is 0.827.